The lowest BCUT2D eigenvalue weighted by molar-refractivity contribution is -0.132. The third kappa shape index (κ3) is 3.97. The van der Waals surface area contributed by atoms with Crippen molar-refractivity contribution < 1.29 is 9.53 Å². The van der Waals surface area contributed by atoms with E-state index in [4.69, 9.17) is 10.5 Å². The molecule has 0 aliphatic heterocycles. The number of benzene rings is 1. The van der Waals surface area contributed by atoms with Crippen molar-refractivity contribution >= 4 is 5.91 Å². The molecule has 0 aromatic heterocycles. The average molecular weight is 276 g/mol. The molecular weight excluding hydrogens is 252 g/mol. The Hall–Kier alpha value is -1.55. The van der Waals surface area contributed by atoms with Gasteiger partial charge < -0.3 is 15.4 Å². The summed E-state index contributed by atoms with van der Waals surface area (Å²) in [5.74, 6) is 1.56. The van der Waals surface area contributed by atoms with Gasteiger partial charge in [0, 0.05) is 25.6 Å². The molecule has 1 aromatic carbocycles. The second-order valence-electron chi connectivity index (χ2n) is 5.46. The summed E-state index contributed by atoms with van der Waals surface area (Å²) in [6.45, 7) is 3.35. The summed E-state index contributed by atoms with van der Waals surface area (Å²) in [5, 5.41) is 0. The van der Waals surface area contributed by atoms with Gasteiger partial charge in [0.25, 0.3) is 0 Å². The highest BCUT2D eigenvalue weighted by Gasteiger charge is 2.30. The third-order valence-corrected chi connectivity index (χ3v) is 3.90. The number of methoxy groups -OCH3 is 1. The van der Waals surface area contributed by atoms with Gasteiger partial charge in [0.15, 0.2) is 0 Å². The highest BCUT2D eigenvalue weighted by Crippen LogP contribution is 2.33. The van der Waals surface area contributed by atoms with Crippen LogP contribution < -0.4 is 10.5 Å². The number of carbonyl (C=O) groups is 1. The number of nitrogens with two attached hydrogens (primary N) is 1. The zero-order valence-electron chi connectivity index (χ0n) is 12.3. The van der Waals surface area contributed by atoms with Crippen molar-refractivity contribution in [2.45, 2.75) is 38.8 Å². The van der Waals surface area contributed by atoms with Crippen LogP contribution in [0.25, 0.3) is 0 Å². The highest BCUT2D eigenvalue weighted by molar-refractivity contribution is 5.76. The Balaban J connectivity index is 1.90. The number of carbonyl (C=O) groups excluding carboxylic acids is 1. The van der Waals surface area contributed by atoms with Crippen LogP contribution in [-0.4, -0.2) is 30.5 Å². The summed E-state index contributed by atoms with van der Waals surface area (Å²) >= 11 is 0. The lowest BCUT2D eigenvalue weighted by Crippen LogP contribution is -2.36. The summed E-state index contributed by atoms with van der Waals surface area (Å²) in [4.78, 5) is 14.1. The zero-order valence-corrected chi connectivity index (χ0v) is 12.3. The van der Waals surface area contributed by atoms with Gasteiger partial charge >= 0.3 is 0 Å². The number of amides is 1. The molecule has 1 aromatic rings. The Morgan fingerprint density at radius 3 is 2.55 bits per heavy atom. The molecule has 4 nitrogen and oxygen atoms in total. The van der Waals surface area contributed by atoms with Crippen LogP contribution in [0.3, 0.4) is 0 Å². The van der Waals surface area contributed by atoms with E-state index in [2.05, 4.69) is 0 Å². The van der Waals surface area contributed by atoms with E-state index in [9.17, 15) is 4.79 Å². The topological polar surface area (TPSA) is 55.6 Å². The van der Waals surface area contributed by atoms with Crippen molar-refractivity contribution in [1.82, 2.24) is 4.90 Å². The monoisotopic (exact) mass is 276 g/mol. The zero-order chi connectivity index (χ0) is 14.5. The minimum atomic E-state index is 0.0346. The summed E-state index contributed by atoms with van der Waals surface area (Å²) in [7, 11) is 1.65. The Bertz CT molecular complexity index is 440. The summed E-state index contributed by atoms with van der Waals surface area (Å²) in [6.07, 6.45) is 2.83. The van der Waals surface area contributed by atoms with E-state index in [0.717, 1.165) is 11.3 Å². The van der Waals surface area contributed by atoms with Crippen molar-refractivity contribution in [2.24, 2.45) is 11.7 Å². The van der Waals surface area contributed by atoms with Crippen molar-refractivity contribution in [3.8, 4) is 5.75 Å². The van der Waals surface area contributed by atoms with E-state index in [0.29, 0.717) is 25.4 Å². The maximum absolute atomic E-state index is 12.3. The standard InChI is InChI=1S/C16H24N2O2/c1-3-18(16(19)10-15(17)13-6-7-13)11-12-4-8-14(20-2)9-5-12/h4-5,8-9,13,15H,3,6-7,10-11,17H2,1-2H3. The highest BCUT2D eigenvalue weighted by atomic mass is 16.5. The number of ether oxygens (including phenoxy) is 1. The first-order valence-electron chi connectivity index (χ1n) is 7.30. The molecule has 20 heavy (non-hydrogen) atoms. The quantitative estimate of drug-likeness (QED) is 0.830. The van der Waals surface area contributed by atoms with Crippen LogP contribution in [-0.2, 0) is 11.3 Å². The van der Waals surface area contributed by atoms with E-state index in [1.165, 1.54) is 12.8 Å². The van der Waals surface area contributed by atoms with Gasteiger partial charge in [-0.1, -0.05) is 12.1 Å². The summed E-state index contributed by atoms with van der Waals surface area (Å²) in [6, 6.07) is 7.87. The number of hydrogen-bond donors (Lipinski definition) is 1. The molecular formula is C16H24N2O2. The predicted molar refractivity (Wildman–Crippen MR) is 79.4 cm³/mol. The Labute approximate surface area is 120 Å². The summed E-state index contributed by atoms with van der Waals surface area (Å²) < 4.78 is 5.14. The van der Waals surface area contributed by atoms with Crippen molar-refractivity contribution in [2.75, 3.05) is 13.7 Å². The number of hydrogen-bond acceptors (Lipinski definition) is 3. The maximum atomic E-state index is 12.3. The first-order chi connectivity index (χ1) is 9.63. The smallest absolute Gasteiger partial charge is 0.224 e. The second-order valence-corrected chi connectivity index (χ2v) is 5.46. The molecule has 0 bridgehead atoms. The van der Waals surface area contributed by atoms with Gasteiger partial charge in [-0.15, -0.1) is 0 Å². The molecule has 0 spiro atoms. The van der Waals surface area contributed by atoms with E-state index in [1.807, 2.05) is 36.1 Å². The van der Waals surface area contributed by atoms with E-state index in [1.54, 1.807) is 7.11 Å². The van der Waals surface area contributed by atoms with Crippen LogP contribution in [0.1, 0.15) is 31.7 Å². The van der Waals surface area contributed by atoms with Gasteiger partial charge in [-0.05, 0) is 43.4 Å². The van der Waals surface area contributed by atoms with Gasteiger partial charge in [0.2, 0.25) is 5.91 Å². The molecule has 1 fully saturated rings. The van der Waals surface area contributed by atoms with Gasteiger partial charge in [-0.2, -0.15) is 0 Å². The Kier molecular flexibility index (Phi) is 5.01. The van der Waals surface area contributed by atoms with E-state index < -0.39 is 0 Å². The fourth-order valence-corrected chi connectivity index (χ4v) is 2.35. The van der Waals surface area contributed by atoms with Crippen LogP contribution in [0.15, 0.2) is 24.3 Å². The number of nitrogens with zero attached hydrogens (tertiary/aromatic N) is 1. The minimum Gasteiger partial charge on any atom is -0.497 e. The third-order valence-electron chi connectivity index (χ3n) is 3.90. The molecule has 1 saturated carbocycles. The van der Waals surface area contributed by atoms with Gasteiger partial charge in [-0.3, -0.25) is 4.79 Å². The molecule has 2 N–H and O–H groups in total. The van der Waals surface area contributed by atoms with Gasteiger partial charge in [0.05, 0.1) is 7.11 Å². The van der Waals surface area contributed by atoms with Crippen molar-refractivity contribution in [3.63, 3.8) is 0 Å². The summed E-state index contributed by atoms with van der Waals surface area (Å²) in [5.41, 5.74) is 7.15. The lowest BCUT2D eigenvalue weighted by atomic mass is 10.1. The van der Waals surface area contributed by atoms with Crippen LogP contribution in [0, 0.1) is 5.92 Å². The Morgan fingerprint density at radius 2 is 2.05 bits per heavy atom. The molecule has 110 valence electrons. The molecule has 4 heteroatoms. The fraction of sp³-hybridized carbons (Fsp3) is 0.562. The molecule has 1 aliphatic rings. The van der Waals surface area contributed by atoms with Crippen molar-refractivity contribution in [1.29, 1.82) is 0 Å². The predicted octanol–water partition coefficient (Wildman–Crippen LogP) is 2.17. The van der Waals surface area contributed by atoms with Crippen LogP contribution in [0.4, 0.5) is 0 Å². The molecule has 2 rings (SSSR count). The molecule has 0 radical (unpaired) electrons. The second kappa shape index (κ2) is 6.75. The van der Waals surface area contributed by atoms with E-state index >= 15 is 0 Å². The van der Waals surface area contributed by atoms with Gasteiger partial charge in [-0.25, -0.2) is 0 Å². The largest absolute Gasteiger partial charge is 0.497 e. The lowest BCUT2D eigenvalue weighted by Gasteiger charge is -2.23. The molecule has 1 amide bonds. The Morgan fingerprint density at radius 1 is 1.40 bits per heavy atom. The van der Waals surface area contributed by atoms with Crippen LogP contribution in [0.5, 0.6) is 5.75 Å². The first kappa shape index (κ1) is 14.9. The fourth-order valence-electron chi connectivity index (χ4n) is 2.35. The maximum Gasteiger partial charge on any atom is 0.224 e. The SMILES string of the molecule is CCN(Cc1ccc(OC)cc1)C(=O)CC(N)C1CC1. The van der Waals surface area contributed by atoms with Crippen LogP contribution >= 0.6 is 0 Å². The average Bonchev–Trinajstić information content (AvgIpc) is 3.29. The molecule has 0 heterocycles. The molecule has 0 saturated heterocycles. The number of rotatable bonds is 7. The normalized spacial score (nSPS) is 15.8. The van der Waals surface area contributed by atoms with Crippen molar-refractivity contribution in [3.05, 3.63) is 29.8 Å². The molecule has 1 aliphatic carbocycles. The molecule has 1 unspecified atom stereocenters. The molecule has 1 atom stereocenters. The minimum absolute atomic E-state index is 0.0346. The first-order valence-corrected chi connectivity index (χ1v) is 7.30. The van der Waals surface area contributed by atoms with Gasteiger partial charge in [0.1, 0.15) is 5.75 Å². The van der Waals surface area contributed by atoms with E-state index in [-0.39, 0.29) is 11.9 Å². The van der Waals surface area contributed by atoms with Crippen LogP contribution in [0.2, 0.25) is 0 Å².